The molecule has 1 aromatic rings. The number of aromatic nitrogens is 2. The fraction of sp³-hybridized carbons (Fsp3) is 0.667. The Morgan fingerprint density at radius 3 is 3.00 bits per heavy atom. The SMILES string of the molecule is C=C(Cn1ccnc1CCC(=O)N1CCCC(N(C)C)C1)OCC. The number of allylic oxidation sites excluding steroid dienone is 1. The average molecular weight is 334 g/mol. The maximum absolute atomic E-state index is 12.5. The minimum absolute atomic E-state index is 0.222. The number of carbonyl (C=O) groups is 1. The number of ether oxygens (including phenoxy) is 1. The Labute approximate surface area is 145 Å². The number of nitrogens with zero attached hydrogens (tertiary/aromatic N) is 4. The molecule has 2 rings (SSSR count). The fourth-order valence-corrected chi connectivity index (χ4v) is 3.13. The molecule has 1 aliphatic heterocycles. The summed E-state index contributed by atoms with van der Waals surface area (Å²) in [5.41, 5.74) is 0. The second-order valence-electron chi connectivity index (χ2n) is 6.54. The summed E-state index contributed by atoms with van der Waals surface area (Å²) in [6, 6.07) is 0.471. The molecule has 134 valence electrons. The molecule has 6 nitrogen and oxygen atoms in total. The minimum Gasteiger partial charge on any atom is -0.497 e. The molecule has 0 N–H and O–H groups in total. The van der Waals surface area contributed by atoms with Crippen LogP contribution in [0, 0.1) is 0 Å². The van der Waals surface area contributed by atoms with Gasteiger partial charge in [0.05, 0.1) is 13.2 Å². The third-order valence-electron chi connectivity index (χ3n) is 4.54. The van der Waals surface area contributed by atoms with Crippen LogP contribution in [0.2, 0.25) is 0 Å². The van der Waals surface area contributed by atoms with Crippen molar-refractivity contribution < 1.29 is 9.53 Å². The second kappa shape index (κ2) is 8.87. The van der Waals surface area contributed by atoms with Gasteiger partial charge < -0.3 is 19.1 Å². The Bertz CT molecular complexity index is 553. The summed E-state index contributed by atoms with van der Waals surface area (Å²) in [7, 11) is 4.17. The van der Waals surface area contributed by atoms with Crippen LogP contribution in [0.1, 0.15) is 32.0 Å². The number of piperidine rings is 1. The number of amides is 1. The fourth-order valence-electron chi connectivity index (χ4n) is 3.13. The van der Waals surface area contributed by atoms with Gasteiger partial charge >= 0.3 is 0 Å². The number of likely N-dealkylation sites (N-methyl/N-ethyl adjacent to an activating group) is 1. The quantitative estimate of drug-likeness (QED) is 0.682. The predicted octanol–water partition coefficient (Wildman–Crippen LogP) is 1.92. The van der Waals surface area contributed by atoms with Crippen LogP contribution in [0.15, 0.2) is 24.7 Å². The highest BCUT2D eigenvalue weighted by atomic mass is 16.5. The summed E-state index contributed by atoms with van der Waals surface area (Å²) < 4.78 is 7.41. The largest absolute Gasteiger partial charge is 0.497 e. The van der Waals surface area contributed by atoms with E-state index < -0.39 is 0 Å². The van der Waals surface area contributed by atoms with E-state index in [1.165, 1.54) is 6.42 Å². The number of imidazole rings is 1. The first-order chi connectivity index (χ1) is 11.5. The van der Waals surface area contributed by atoms with E-state index in [1.54, 1.807) is 6.20 Å². The summed E-state index contributed by atoms with van der Waals surface area (Å²) >= 11 is 0. The highest BCUT2D eigenvalue weighted by Crippen LogP contribution is 2.15. The summed E-state index contributed by atoms with van der Waals surface area (Å²) in [4.78, 5) is 21.1. The van der Waals surface area contributed by atoms with Crippen molar-refractivity contribution in [1.82, 2.24) is 19.4 Å². The summed E-state index contributed by atoms with van der Waals surface area (Å²) in [5.74, 6) is 1.85. The number of aryl methyl sites for hydroxylation is 1. The molecule has 0 aliphatic carbocycles. The van der Waals surface area contributed by atoms with Gasteiger partial charge in [0.15, 0.2) is 0 Å². The Balaban J connectivity index is 1.86. The topological polar surface area (TPSA) is 50.6 Å². The average Bonchev–Trinajstić information content (AvgIpc) is 3.00. The van der Waals surface area contributed by atoms with Gasteiger partial charge in [0, 0.05) is 44.4 Å². The second-order valence-corrected chi connectivity index (χ2v) is 6.54. The van der Waals surface area contributed by atoms with Crippen molar-refractivity contribution in [2.45, 2.75) is 45.2 Å². The minimum atomic E-state index is 0.222. The Morgan fingerprint density at radius 2 is 2.29 bits per heavy atom. The number of rotatable bonds is 8. The van der Waals surface area contributed by atoms with Crippen molar-refractivity contribution in [3.05, 3.63) is 30.6 Å². The maximum Gasteiger partial charge on any atom is 0.223 e. The molecular weight excluding hydrogens is 304 g/mol. The van der Waals surface area contributed by atoms with Gasteiger partial charge in [0.1, 0.15) is 11.6 Å². The maximum atomic E-state index is 12.5. The molecule has 2 heterocycles. The molecule has 1 fully saturated rings. The Morgan fingerprint density at radius 1 is 1.50 bits per heavy atom. The molecule has 0 spiro atoms. The monoisotopic (exact) mass is 334 g/mol. The zero-order chi connectivity index (χ0) is 17.5. The molecule has 1 atom stereocenters. The standard InChI is InChI=1S/C18H30N4O2/c1-5-24-15(2)13-21-12-10-19-17(21)8-9-18(23)22-11-6-7-16(14-22)20(3)4/h10,12,16H,2,5-9,11,13-14H2,1,3-4H3. The number of hydrogen-bond donors (Lipinski definition) is 0. The van der Waals surface area contributed by atoms with Crippen molar-refractivity contribution in [3.63, 3.8) is 0 Å². The summed E-state index contributed by atoms with van der Waals surface area (Å²) in [5, 5.41) is 0. The molecule has 1 amide bonds. The molecule has 24 heavy (non-hydrogen) atoms. The van der Waals surface area contributed by atoms with E-state index in [9.17, 15) is 4.79 Å². The lowest BCUT2D eigenvalue weighted by Gasteiger charge is -2.36. The molecule has 0 saturated carbocycles. The molecule has 0 aromatic carbocycles. The van der Waals surface area contributed by atoms with Gasteiger partial charge in [-0.05, 0) is 33.9 Å². The van der Waals surface area contributed by atoms with E-state index in [0.717, 1.165) is 25.3 Å². The van der Waals surface area contributed by atoms with Crippen LogP contribution in [-0.4, -0.2) is 65.1 Å². The first kappa shape index (κ1) is 18.5. The van der Waals surface area contributed by atoms with Crippen LogP contribution >= 0.6 is 0 Å². The molecular formula is C18H30N4O2. The highest BCUT2D eigenvalue weighted by molar-refractivity contribution is 5.76. The first-order valence-electron chi connectivity index (χ1n) is 8.76. The molecule has 0 bridgehead atoms. The third kappa shape index (κ3) is 5.09. The van der Waals surface area contributed by atoms with Crippen molar-refractivity contribution in [3.8, 4) is 0 Å². The van der Waals surface area contributed by atoms with Crippen LogP contribution in [0.3, 0.4) is 0 Å². The van der Waals surface area contributed by atoms with Gasteiger partial charge in [0.25, 0.3) is 0 Å². The lowest BCUT2D eigenvalue weighted by molar-refractivity contribution is -0.133. The van der Waals surface area contributed by atoms with E-state index in [1.807, 2.05) is 22.6 Å². The number of carbonyl (C=O) groups excluding carboxylic acids is 1. The third-order valence-corrected chi connectivity index (χ3v) is 4.54. The van der Waals surface area contributed by atoms with Gasteiger partial charge in [0.2, 0.25) is 5.91 Å². The van der Waals surface area contributed by atoms with E-state index in [4.69, 9.17) is 4.74 Å². The predicted molar refractivity (Wildman–Crippen MR) is 94.6 cm³/mol. The molecule has 1 aliphatic rings. The van der Waals surface area contributed by atoms with Gasteiger partial charge in [-0.15, -0.1) is 0 Å². The molecule has 0 radical (unpaired) electrons. The highest BCUT2D eigenvalue weighted by Gasteiger charge is 2.24. The van der Waals surface area contributed by atoms with Crippen LogP contribution in [0.5, 0.6) is 0 Å². The normalized spacial score (nSPS) is 18.0. The van der Waals surface area contributed by atoms with E-state index in [-0.39, 0.29) is 5.91 Å². The van der Waals surface area contributed by atoms with Crippen molar-refractivity contribution in [2.24, 2.45) is 0 Å². The van der Waals surface area contributed by atoms with Gasteiger partial charge in [-0.1, -0.05) is 6.58 Å². The van der Waals surface area contributed by atoms with Crippen molar-refractivity contribution >= 4 is 5.91 Å². The Kier molecular flexibility index (Phi) is 6.85. The molecule has 1 saturated heterocycles. The summed E-state index contributed by atoms with van der Waals surface area (Å²) in [6.07, 6.45) is 7.07. The van der Waals surface area contributed by atoms with E-state index in [0.29, 0.717) is 37.8 Å². The van der Waals surface area contributed by atoms with Crippen molar-refractivity contribution in [2.75, 3.05) is 33.8 Å². The van der Waals surface area contributed by atoms with Crippen LogP contribution in [0.25, 0.3) is 0 Å². The molecule has 1 unspecified atom stereocenters. The zero-order valence-corrected chi connectivity index (χ0v) is 15.2. The van der Waals surface area contributed by atoms with Gasteiger partial charge in [-0.25, -0.2) is 4.98 Å². The number of likely N-dealkylation sites (tertiary alicyclic amines) is 1. The molecule has 1 aromatic heterocycles. The number of hydrogen-bond acceptors (Lipinski definition) is 4. The van der Waals surface area contributed by atoms with Crippen LogP contribution < -0.4 is 0 Å². The van der Waals surface area contributed by atoms with Gasteiger partial charge in [-0.2, -0.15) is 0 Å². The van der Waals surface area contributed by atoms with Crippen LogP contribution in [-0.2, 0) is 22.5 Å². The van der Waals surface area contributed by atoms with E-state index >= 15 is 0 Å². The van der Waals surface area contributed by atoms with E-state index in [2.05, 4.69) is 30.6 Å². The van der Waals surface area contributed by atoms with Crippen molar-refractivity contribution in [1.29, 1.82) is 0 Å². The lowest BCUT2D eigenvalue weighted by atomic mass is 10.0. The first-order valence-corrected chi connectivity index (χ1v) is 8.76. The smallest absolute Gasteiger partial charge is 0.223 e. The Hall–Kier alpha value is -1.82. The zero-order valence-electron chi connectivity index (χ0n) is 15.2. The molecule has 6 heteroatoms. The van der Waals surface area contributed by atoms with Gasteiger partial charge in [-0.3, -0.25) is 4.79 Å². The lowest BCUT2D eigenvalue weighted by Crippen LogP contribution is -2.47. The van der Waals surface area contributed by atoms with Crippen LogP contribution in [0.4, 0.5) is 0 Å². The summed E-state index contributed by atoms with van der Waals surface area (Å²) in [6.45, 7) is 8.76.